The summed E-state index contributed by atoms with van der Waals surface area (Å²) in [7, 11) is 0. The van der Waals surface area contributed by atoms with Crippen molar-refractivity contribution >= 4 is 46.5 Å². The molecule has 0 heterocycles. The summed E-state index contributed by atoms with van der Waals surface area (Å²) < 4.78 is 10.3. The van der Waals surface area contributed by atoms with E-state index in [1.54, 1.807) is 0 Å². The molecule has 27 heavy (non-hydrogen) atoms. The van der Waals surface area contributed by atoms with Gasteiger partial charge in [0.05, 0.1) is 13.2 Å². The summed E-state index contributed by atoms with van der Waals surface area (Å²) in [4.78, 5) is 40.0. The Hall–Kier alpha value is -2.17. The first-order chi connectivity index (χ1) is 12.6. The molecule has 0 fully saturated rings. The number of carbonyl (C=O) groups excluding carboxylic acids is 2. The van der Waals surface area contributed by atoms with E-state index in [0.717, 1.165) is 0 Å². The molecule has 8 nitrogen and oxygen atoms in total. The van der Waals surface area contributed by atoms with E-state index in [9.17, 15) is 19.2 Å². The van der Waals surface area contributed by atoms with Crippen LogP contribution < -0.4 is 0 Å². The Labute approximate surface area is 172 Å². The molecule has 152 valence electrons. The first-order valence-corrected chi connectivity index (χ1v) is 9.13. The number of aliphatic carboxylic acids is 2. The highest BCUT2D eigenvalue weighted by atomic mass is 127. The topological polar surface area (TPSA) is 127 Å². The van der Waals surface area contributed by atoms with Gasteiger partial charge in [0, 0.05) is 30.3 Å². The van der Waals surface area contributed by atoms with Gasteiger partial charge in [-0.15, -0.1) is 0 Å². The minimum absolute atomic E-state index is 0.0489. The third kappa shape index (κ3) is 28.9. The van der Waals surface area contributed by atoms with Gasteiger partial charge in [-0.05, 0) is 47.6 Å². The second kappa shape index (κ2) is 18.6. The van der Waals surface area contributed by atoms with Crippen LogP contribution in [0.1, 0.15) is 39.5 Å². The average Bonchev–Trinajstić information content (AvgIpc) is 2.57. The van der Waals surface area contributed by atoms with Crippen molar-refractivity contribution in [1.29, 1.82) is 0 Å². The maximum atomic E-state index is 10.1. The van der Waals surface area contributed by atoms with Crippen LogP contribution in [0.3, 0.4) is 0 Å². The summed E-state index contributed by atoms with van der Waals surface area (Å²) in [6.07, 6.45) is 0.865. The summed E-state index contributed by atoms with van der Waals surface area (Å²) >= 11 is 2.28. The molecule has 9 heteroatoms. The largest absolute Gasteiger partial charge is 0.481 e. The number of benzene rings is 1. The number of hydrogen-bond donors (Lipinski definition) is 2. The van der Waals surface area contributed by atoms with Crippen molar-refractivity contribution in [1.82, 2.24) is 0 Å². The van der Waals surface area contributed by atoms with E-state index in [2.05, 4.69) is 44.2 Å². The van der Waals surface area contributed by atoms with E-state index in [1.807, 2.05) is 18.2 Å². The third-order valence-electron chi connectivity index (χ3n) is 2.41. The second-order valence-corrected chi connectivity index (χ2v) is 6.22. The summed E-state index contributed by atoms with van der Waals surface area (Å²) in [6.45, 7) is 2.98. The Morgan fingerprint density at radius 1 is 0.815 bits per heavy atom. The number of ether oxygens (including phenoxy) is 2. The van der Waals surface area contributed by atoms with Crippen LogP contribution in [0.5, 0.6) is 0 Å². The Kier molecular flexibility index (Phi) is 18.7. The van der Waals surface area contributed by atoms with E-state index in [-0.39, 0.29) is 38.0 Å². The lowest BCUT2D eigenvalue weighted by atomic mass is 10.3. The number of halogens is 1. The Bertz CT molecular complexity index is 496. The smallest absolute Gasteiger partial charge is 0.303 e. The zero-order valence-corrected chi connectivity index (χ0v) is 17.5. The molecule has 0 aliphatic carbocycles. The van der Waals surface area contributed by atoms with Crippen molar-refractivity contribution in [3.8, 4) is 0 Å². The molecular weight excluding hydrogens is 471 g/mol. The van der Waals surface area contributed by atoms with Gasteiger partial charge in [0.15, 0.2) is 0 Å². The van der Waals surface area contributed by atoms with Gasteiger partial charge in [-0.3, -0.25) is 19.2 Å². The molecule has 0 aliphatic heterocycles. The number of carboxylic acid groups (broad SMARTS) is 2. The highest BCUT2D eigenvalue weighted by Crippen LogP contribution is 1.99. The zero-order valence-electron chi connectivity index (χ0n) is 15.4. The lowest BCUT2D eigenvalue weighted by molar-refractivity contribution is -0.143. The van der Waals surface area contributed by atoms with Crippen LogP contribution in [0, 0.1) is 3.57 Å². The summed E-state index contributed by atoms with van der Waals surface area (Å²) in [5.74, 6) is -2.48. The predicted molar refractivity (Wildman–Crippen MR) is 106 cm³/mol. The van der Waals surface area contributed by atoms with E-state index in [4.69, 9.17) is 10.2 Å². The quantitative estimate of drug-likeness (QED) is 0.319. The third-order valence-corrected chi connectivity index (χ3v) is 3.13. The van der Waals surface area contributed by atoms with Gasteiger partial charge in [0.1, 0.15) is 0 Å². The van der Waals surface area contributed by atoms with Gasteiger partial charge in [-0.2, -0.15) is 0 Å². The van der Waals surface area contributed by atoms with Crippen molar-refractivity contribution in [3.05, 3.63) is 33.9 Å². The van der Waals surface area contributed by atoms with E-state index in [1.165, 1.54) is 17.4 Å². The predicted octanol–water partition coefficient (Wildman–Crippen LogP) is 3.12. The maximum Gasteiger partial charge on any atom is 0.303 e. The lowest BCUT2D eigenvalue weighted by Gasteiger charge is -1.97. The van der Waals surface area contributed by atoms with Crippen LogP contribution in [0.2, 0.25) is 0 Å². The van der Waals surface area contributed by atoms with Crippen LogP contribution in [0.25, 0.3) is 0 Å². The van der Waals surface area contributed by atoms with Crippen LogP contribution >= 0.6 is 22.6 Å². The molecule has 0 bridgehead atoms. The molecule has 0 spiro atoms. The van der Waals surface area contributed by atoms with Gasteiger partial charge in [0.2, 0.25) is 0 Å². The summed E-state index contributed by atoms with van der Waals surface area (Å²) in [5.41, 5.74) is 0. The van der Waals surface area contributed by atoms with Crippen molar-refractivity contribution in [2.24, 2.45) is 0 Å². The van der Waals surface area contributed by atoms with Gasteiger partial charge in [-0.1, -0.05) is 18.2 Å². The van der Waals surface area contributed by atoms with E-state index < -0.39 is 11.9 Å². The van der Waals surface area contributed by atoms with E-state index >= 15 is 0 Å². The summed E-state index contributed by atoms with van der Waals surface area (Å²) in [5, 5.41) is 16.3. The second-order valence-electron chi connectivity index (χ2n) is 4.97. The van der Waals surface area contributed by atoms with Crippen molar-refractivity contribution in [2.75, 3.05) is 13.2 Å². The molecule has 1 aromatic rings. The molecule has 0 saturated heterocycles. The Morgan fingerprint density at radius 3 is 1.41 bits per heavy atom. The molecule has 0 aromatic heterocycles. The van der Waals surface area contributed by atoms with Gasteiger partial charge in [0.25, 0.3) is 0 Å². The first kappa shape index (κ1) is 27.1. The molecule has 0 amide bonds. The van der Waals surface area contributed by atoms with Crippen LogP contribution in [0.15, 0.2) is 30.3 Å². The molecule has 0 atom stereocenters. The molecule has 1 rings (SSSR count). The summed E-state index contributed by atoms with van der Waals surface area (Å²) in [6, 6.07) is 10.2. The minimum Gasteiger partial charge on any atom is -0.481 e. The van der Waals surface area contributed by atoms with Gasteiger partial charge < -0.3 is 19.7 Å². The lowest BCUT2D eigenvalue weighted by Crippen LogP contribution is -2.03. The monoisotopic (exact) mass is 496 g/mol. The average molecular weight is 496 g/mol. The van der Waals surface area contributed by atoms with Crippen LogP contribution in [0.4, 0.5) is 0 Å². The SMILES string of the molecule is CC(=O)OCCCC(=O)O.CC(=O)OCCCC(=O)O.Ic1ccccc1. The molecule has 1 aromatic carbocycles. The Balaban J connectivity index is 0. The molecule has 0 unspecified atom stereocenters. The van der Waals surface area contributed by atoms with Gasteiger partial charge in [-0.25, -0.2) is 0 Å². The highest BCUT2D eigenvalue weighted by molar-refractivity contribution is 14.1. The number of rotatable bonds is 8. The number of hydrogen-bond acceptors (Lipinski definition) is 6. The molecular formula is C18H25IO8. The number of esters is 2. The number of carboxylic acids is 2. The molecule has 0 saturated carbocycles. The van der Waals surface area contributed by atoms with Crippen LogP contribution in [-0.4, -0.2) is 47.3 Å². The van der Waals surface area contributed by atoms with E-state index in [0.29, 0.717) is 12.8 Å². The fourth-order valence-corrected chi connectivity index (χ4v) is 1.71. The zero-order chi connectivity index (χ0) is 21.1. The molecule has 2 N–H and O–H groups in total. The highest BCUT2D eigenvalue weighted by Gasteiger charge is 1.97. The minimum atomic E-state index is -0.868. The van der Waals surface area contributed by atoms with Crippen molar-refractivity contribution < 1.29 is 38.9 Å². The fraction of sp³-hybridized carbons (Fsp3) is 0.444. The maximum absolute atomic E-state index is 10.1. The first-order valence-electron chi connectivity index (χ1n) is 8.06. The van der Waals surface area contributed by atoms with Crippen molar-refractivity contribution in [2.45, 2.75) is 39.5 Å². The normalized spacial score (nSPS) is 8.85. The van der Waals surface area contributed by atoms with Gasteiger partial charge >= 0.3 is 23.9 Å². The van der Waals surface area contributed by atoms with Crippen molar-refractivity contribution in [3.63, 3.8) is 0 Å². The molecule has 0 aliphatic rings. The standard InChI is InChI=1S/C6H5I.2C6H10O4/c7-6-4-2-1-3-5-6;2*1-5(7)10-4-2-3-6(8)9/h1-5H;2*2-4H2,1H3,(H,8,9). The fourth-order valence-electron chi connectivity index (χ4n) is 1.29. The number of carbonyl (C=O) groups is 4. The Morgan fingerprint density at radius 2 is 1.19 bits per heavy atom. The van der Waals surface area contributed by atoms with Crippen LogP contribution in [-0.2, 0) is 28.7 Å². The molecule has 0 radical (unpaired) electrons.